The van der Waals surface area contributed by atoms with Crippen LogP contribution in [0.2, 0.25) is 0 Å². The summed E-state index contributed by atoms with van der Waals surface area (Å²) in [6, 6.07) is 4.53. The summed E-state index contributed by atoms with van der Waals surface area (Å²) in [7, 11) is -1.83. The fourth-order valence-corrected chi connectivity index (χ4v) is 3.44. The summed E-state index contributed by atoms with van der Waals surface area (Å²) in [5.41, 5.74) is 0.691. The van der Waals surface area contributed by atoms with Crippen molar-refractivity contribution < 1.29 is 28.3 Å². The first-order valence-electron chi connectivity index (χ1n) is 6.24. The molecule has 0 aliphatic rings. The van der Waals surface area contributed by atoms with Gasteiger partial charge >= 0.3 is 13.6 Å². The van der Waals surface area contributed by atoms with Gasteiger partial charge in [0.2, 0.25) is 0 Å². The second-order valence-corrected chi connectivity index (χ2v) is 6.00. The Morgan fingerprint density at radius 2 is 1.85 bits per heavy atom. The van der Waals surface area contributed by atoms with Gasteiger partial charge in [0, 0.05) is 0 Å². The van der Waals surface area contributed by atoms with Gasteiger partial charge in [0.1, 0.15) is 11.3 Å². The van der Waals surface area contributed by atoms with Gasteiger partial charge in [-0.2, -0.15) is 0 Å². The summed E-state index contributed by atoms with van der Waals surface area (Å²) in [4.78, 5) is 11.0. The first kappa shape index (κ1) is 16.7. The number of aromatic carboxylic acids is 1. The number of carbonyl (C=O) groups is 1. The molecule has 0 radical (unpaired) electrons. The van der Waals surface area contributed by atoms with Crippen LogP contribution in [0, 0.1) is 0 Å². The van der Waals surface area contributed by atoms with Crippen LogP contribution in [-0.4, -0.2) is 31.4 Å². The zero-order valence-corrected chi connectivity index (χ0v) is 12.7. The summed E-state index contributed by atoms with van der Waals surface area (Å²) in [6.45, 7) is 4.03. The van der Waals surface area contributed by atoms with Gasteiger partial charge in [0.15, 0.2) is 0 Å². The van der Waals surface area contributed by atoms with E-state index in [2.05, 4.69) is 0 Å². The Kier molecular flexibility index (Phi) is 6.20. The second kappa shape index (κ2) is 7.43. The molecular formula is C13H19O6P. The van der Waals surface area contributed by atoms with E-state index < -0.39 is 13.6 Å². The topological polar surface area (TPSA) is 82.1 Å². The Hall–Kier alpha value is -1.36. The van der Waals surface area contributed by atoms with Crippen molar-refractivity contribution in [2.45, 2.75) is 20.0 Å². The van der Waals surface area contributed by atoms with E-state index in [0.29, 0.717) is 5.56 Å². The predicted molar refractivity (Wildman–Crippen MR) is 74.5 cm³/mol. The number of hydrogen-bond donors (Lipinski definition) is 1. The standard InChI is InChI=1S/C13H19O6P/c1-4-18-20(16,19-5-2)9-10-6-7-11(13(14)15)12(8-10)17-3/h6-8H,4-5,9H2,1-3H3,(H,14,15). The van der Waals surface area contributed by atoms with E-state index >= 15 is 0 Å². The van der Waals surface area contributed by atoms with Crippen LogP contribution >= 0.6 is 7.60 Å². The zero-order chi connectivity index (χ0) is 15.2. The molecule has 0 atom stereocenters. The highest BCUT2D eigenvalue weighted by Gasteiger charge is 2.25. The highest BCUT2D eigenvalue weighted by molar-refractivity contribution is 7.53. The molecule has 0 fully saturated rings. The van der Waals surface area contributed by atoms with Crippen molar-refractivity contribution in [1.29, 1.82) is 0 Å². The third kappa shape index (κ3) is 4.34. The number of rotatable bonds is 8. The van der Waals surface area contributed by atoms with Crippen molar-refractivity contribution in [1.82, 2.24) is 0 Å². The molecule has 0 amide bonds. The Morgan fingerprint density at radius 3 is 2.30 bits per heavy atom. The Bertz CT molecular complexity index is 504. The number of carboxylic acids is 1. The van der Waals surface area contributed by atoms with Gasteiger partial charge in [-0.15, -0.1) is 0 Å². The fraction of sp³-hybridized carbons (Fsp3) is 0.462. The largest absolute Gasteiger partial charge is 0.496 e. The van der Waals surface area contributed by atoms with Crippen LogP contribution in [0.5, 0.6) is 5.75 Å². The maximum atomic E-state index is 12.4. The van der Waals surface area contributed by atoms with Crippen molar-refractivity contribution in [3.05, 3.63) is 29.3 Å². The SMILES string of the molecule is CCOP(=O)(Cc1ccc(C(=O)O)c(OC)c1)OCC. The molecule has 1 N–H and O–H groups in total. The maximum absolute atomic E-state index is 12.4. The smallest absolute Gasteiger partial charge is 0.339 e. The van der Waals surface area contributed by atoms with E-state index in [1.54, 1.807) is 19.9 Å². The van der Waals surface area contributed by atoms with Crippen LogP contribution in [0.25, 0.3) is 0 Å². The van der Waals surface area contributed by atoms with Gasteiger partial charge in [-0.3, -0.25) is 4.57 Å². The molecule has 20 heavy (non-hydrogen) atoms. The normalized spacial score (nSPS) is 11.3. The summed E-state index contributed by atoms with van der Waals surface area (Å²) >= 11 is 0. The number of hydrogen-bond acceptors (Lipinski definition) is 5. The van der Waals surface area contributed by atoms with E-state index in [1.807, 2.05) is 0 Å². The van der Waals surface area contributed by atoms with Crippen molar-refractivity contribution in [2.75, 3.05) is 20.3 Å². The lowest BCUT2D eigenvalue weighted by molar-refractivity contribution is 0.0693. The molecule has 0 bridgehead atoms. The highest BCUT2D eigenvalue weighted by atomic mass is 31.2. The molecule has 1 aromatic carbocycles. The van der Waals surface area contributed by atoms with Crippen LogP contribution < -0.4 is 4.74 Å². The molecular weight excluding hydrogens is 283 g/mol. The average molecular weight is 302 g/mol. The van der Waals surface area contributed by atoms with Crippen molar-refractivity contribution in [2.24, 2.45) is 0 Å². The zero-order valence-electron chi connectivity index (χ0n) is 11.8. The summed E-state index contributed by atoms with van der Waals surface area (Å²) in [5.74, 6) is -0.860. The Balaban J connectivity index is 3.02. The maximum Gasteiger partial charge on any atom is 0.339 e. The third-order valence-electron chi connectivity index (χ3n) is 2.52. The van der Waals surface area contributed by atoms with Gasteiger partial charge in [-0.25, -0.2) is 4.79 Å². The quantitative estimate of drug-likeness (QED) is 0.743. The number of methoxy groups -OCH3 is 1. The third-order valence-corrected chi connectivity index (χ3v) is 4.58. The van der Waals surface area contributed by atoms with Crippen LogP contribution in [0.4, 0.5) is 0 Å². The highest BCUT2D eigenvalue weighted by Crippen LogP contribution is 2.51. The molecule has 0 aromatic heterocycles. The van der Waals surface area contributed by atoms with Crippen molar-refractivity contribution in [3.8, 4) is 5.75 Å². The molecule has 0 unspecified atom stereocenters. The van der Waals surface area contributed by atoms with E-state index in [4.69, 9.17) is 18.9 Å². The van der Waals surface area contributed by atoms with Gasteiger partial charge in [-0.1, -0.05) is 6.07 Å². The van der Waals surface area contributed by atoms with Crippen LogP contribution in [-0.2, 0) is 19.8 Å². The van der Waals surface area contributed by atoms with Gasteiger partial charge < -0.3 is 18.9 Å². The lowest BCUT2D eigenvalue weighted by Crippen LogP contribution is -2.03. The molecule has 0 heterocycles. The first-order valence-corrected chi connectivity index (χ1v) is 7.97. The predicted octanol–water partition coefficient (Wildman–Crippen LogP) is 3.16. The van der Waals surface area contributed by atoms with Gasteiger partial charge in [-0.05, 0) is 31.5 Å². The molecule has 0 saturated heterocycles. The molecule has 7 heteroatoms. The minimum atomic E-state index is -3.21. The van der Waals surface area contributed by atoms with E-state index in [-0.39, 0.29) is 30.7 Å². The van der Waals surface area contributed by atoms with Crippen LogP contribution in [0.3, 0.4) is 0 Å². The van der Waals surface area contributed by atoms with Crippen LogP contribution in [0.1, 0.15) is 29.8 Å². The lowest BCUT2D eigenvalue weighted by Gasteiger charge is -2.17. The summed E-state index contributed by atoms with van der Waals surface area (Å²) in [6.07, 6.45) is 0.0743. The van der Waals surface area contributed by atoms with Crippen molar-refractivity contribution in [3.63, 3.8) is 0 Å². The molecule has 0 aliphatic heterocycles. The number of ether oxygens (including phenoxy) is 1. The van der Waals surface area contributed by atoms with E-state index in [9.17, 15) is 9.36 Å². The second-order valence-electron chi connectivity index (χ2n) is 3.94. The molecule has 0 saturated carbocycles. The summed E-state index contributed by atoms with van der Waals surface area (Å²) < 4.78 is 27.8. The van der Waals surface area contributed by atoms with Gasteiger partial charge in [0.05, 0.1) is 26.5 Å². The molecule has 112 valence electrons. The molecule has 1 aromatic rings. The lowest BCUT2D eigenvalue weighted by atomic mass is 10.1. The van der Waals surface area contributed by atoms with Gasteiger partial charge in [0.25, 0.3) is 0 Å². The van der Waals surface area contributed by atoms with E-state index in [1.165, 1.54) is 19.2 Å². The monoisotopic (exact) mass is 302 g/mol. The fourth-order valence-electron chi connectivity index (χ4n) is 1.76. The number of carboxylic acid groups (broad SMARTS) is 1. The Morgan fingerprint density at radius 1 is 1.25 bits per heavy atom. The molecule has 0 spiro atoms. The molecule has 0 aliphatic carbocycles. The minimum Gasteiger partial charge on any atom is -0.496 e. The molecule has 6 nitrogen and oxygen atoms in total. The summed E-state index contributed by atoms with van der Waals surface area (Å²) in [5, 5.41) is 9.00. The minimum absolute atomic E-state index is 0.0545. The van der Waals surface area contributed by atoms with E-state index in [0.717, 1.165) is 0 Å². The van der Waals surface area contributed by atoms with Crippen LogP contribution in [0.15, 0.2) is 18.2 Å². The Labute approximate surface area is 118 Å². The number of benzene rings is 1. The molecule has 1 rings (SSSR count). The average Bonchev–Trinajstić information content (AvgIpc) is 2.38. The van der Waals surface area contributed by atoms with Crippen molar-refractivity contribution >= 4 is 13.6 Å². The first-order chi connectivity index (χ1) is 9.45.